The number of rotatable bonds is 5. The lowest BCUT2D eigenvalue weighted by atomic mass is 9.97. The summed E-state index contributed by atoms with van der Waals surface area (Å²) in [5, 5.41) is 6.40. The molecular weight excluding hydrogens is 663 g/mol. The van der Waals surface area contributed by atoms with E-state index in [0.717, 1.165) is 77.4 Å². The van der Waals surface area contributed by atoms with E-state index in [9.17, 15) is 0 Å². The van der Waals surface area contributed by atoms with Crippen LogP contribution >= 0.6 is 0 Å². The predicted octanol–water partition coefficient (Wildman–Crippen LogP) is 13.2. The first-order chi connectivity index (χ1) is 26.7. The lowest BCUT2D eigenvalue weighted by molar-refractivity contribution is 0.622. The molecule has 0 spiro atoms. The van der Waals surface area contributed by atoms with E-state index in [1.807, 2.05) is 60.7 Å². The van der Waals surface area contributed by atoms with Crippen molar-refractivity contribution in [3.63, 3.8) is 0 Å². The van der Waals surface area contributed by atoms with E-state index < -0.39 is 0 Å². The van der Waals surface area contributed by atoms with Gasteiger partial charge < -0.3 is 8.83 Å². The van der Waals surface area contributed by atoms with Crippen LogP contribution in [0.4, 0.5) is 0 Å². The van der Waals surface area contributed by atoms with Crippen molar-refractivity contribution in [2.45, 2.75) is 0 Å². The first-order valence-electron chi connectivity index (χ1n) is 18.0. The third-order valence-electron chi connectivity index (χ3n) is 10.3. The molecule has 0 amide bonds. The smallest absolute Gasteiger partial charge is 0.227 e. The first-order valence-corrected chi connectivity index (χ1v) is 18.0. The number of nitrogens with zero attached hydrogens (tertiary/aromatic N) is 3. The standard InChI is InChI=1S/C49H29N3O2/c1-3-12-32(13-4-1)41-29-42(33-22-19-31(20-23-33)36-24-21-30-11-7-8-16-35(30)27-36)51-48(50-41)39-28-44-45(38-18-10-9-17-37(38)39)46-43(53-44)26-25-40-47(46)54-49(52-40)34-14-5-2-6-15-34/h1-29H. The van der Waals surface area contributed by atoms with Crippen LogP contribution in [0.5, 0.6) is 0 Å². The number of hydrogen-bond acceptors (Lipinski definition) is 5. The zero-order valence-corrected chi connectivity index (χ0v) is 28.9. The number of oxazole rings is 1. The maximum absolute atomic E-state index is 6.61. The van der Waals surface area contributed by atoms with Gasteiger partial charge in [-0.1, -0.05) is 133 Å². The Labute approximate surface area is 309 Å². The summed E-state index contributed by atoms with van der Waals surface area (Å²) in [6.45, 7) is 0. The highest BCUT2D eigenvalue weighted by molar-refractivity contribution is 6.26. The van der Waals surface area contributed by atoms with Gasteiger partial charge in [0.1, 0.15) is 16.7 Å². The highest BCUT2D eigenvalue weighted by Gasteiger charge is 2.22. The molecular formula is C49H29N3O2. The Balaban J connectivity index is 1.09. The topological polar surface area (TPSA) is 65.0 Å². The van der Waals surface area contributed by atoms with Crippen molar-refractivity contribution < 1.29 is 8.83 Å². The van der Waals surface area contributed by atoms with Crippen molar-refractivity contribution >= 4 is 54.6 Å². The Kier molecular flexibility index (Phi) is 6.79. The molecule has 3 heterocycles. The van der Waals surface area contributed by atoms with Gasteiger partial charge in [-0.25, -0.2) is 15.0 Å². The Hall–Kier alpha value is -7.37. The van der Waals surface area contributed by atoms with E-state index in [1.54, 1.807) is 0 Å². The monoisotopic (exact) mass is 691 g/mol. The van der Waals surface area contributed by atoms with Crippen LogP contribution in [0.1, 0.15) is 0 Å². The van der Waals surface area contributed by atoms with E-state index in [-0.39, 0.29) is 0 Å². The molecule has 11 aromatic rings. The van der Waals surface area contributed by atoms with Crippen LogP contribution in [0.25, 0.3) is 111 Å². The largest absolute Gasteiger partial charge is 0.456 e. The maximum atomic E-state index is 6.61. The molecule has 5 nitrogen and oxygen atoms in total. The van der Waals surface area contributed by atoms with Crippen LogP contribution in [0.3, 0.4) is 0 Å². The number of furan rings is 1. The third kappa shape index (κ3) is 4.98. The zero-order chi connectivity index (χ0) is 35.6. The SMILES string of the molecule is c1ccc(-c2cc(-c3ccc(-c4ccc5ccccc5c4)cc3)nc(-c3cc4oc5ccc6nc(-c7ccccc7)oc6c5c4c4ccccc34)n2)cc1. The minimum Gasteiger partial charge on any atom is -0.456 e. The van der Waals surface area contributed by atoms with Crippen molar-refractivity contribution in [2.75, 3.05) is 0 Å². The van der Waals surface area contributed by atoms with Crippen LogP contribution in [-0.2, 0) is 0 Å². The average molecular weight is 692 g/mol. The molecule has 252 valence electrons. The van der Waals surface area contributed by atoms with Gasteiger partial charge in [0.15, 0.2) is 11.4 Å². The second kappa shape index (κ2) is 12.1. The summed E-state index contributed by atoms with van der Waals surface area (Å²) in [5.74, 6) is 1.21. The Morgan fingerprint density at radius 1 is 0.370 bits per heavy atom. The molecule has 0 unspecified atom stereocenters. The van der Waals surface area contributed by atoms with Gasteiger partial charge in [-0.15, -0.1) is 0 Å². The van der Waals surface area contributed by atoms with Gasteiger partial charge in [0.25, 0.3) is 0 Å². The van der Waals surface area contributed by atoms with Crippen LogP contribution in [0.15, 0.2) is 185 Å². The maximum Gasteiger partial charge on any atom is 0.227 e. The number of fused-ring (bicyclic) bond motifs is 8. The van der Waals surface area contributed by atoms with Crippen LogP contribution in [0.2, 0.25) is 0 Å². The van der Waals surface area contributed by atoms with E-state index >= 15 is 0 Å². The Morgan fingerprint density at radius 2 is 1.00 bits per heavy atom. The van der Waals surface area contributed by atoms with Gasteiger partial charge in [-0.2, -0.15) is 0 Å². The van der Waals surface area contributed by atoms with Crippen molar-refractivity contribution in [2.24, 2.45) is 0 Å². The summed E-state index contributed by atoms with van der Waals surface area (Å²) in [6, 6.07) is 60.5. The van der Waals surface area contributed by atoms with E-state index in [1.165, 1.54) is 16.3 Å². The summed E-state index contributed by atoms with van der Waals surface area (Å²) in [4.78, 5) is 15.3. The van der Waals surface area contributed by atoms with Crippen molar-refractivity contribution in [1.82, 2.24) is 15.0 Å². The number of benzene rings is 8. The fourth-order valence-corrected chi connectivity index (χ4v) is 7.67. The minimum atomic E-state index is 0.581. The second-order valence-electron chi connectivity index (χ2n) is 13.6. The molecule has 0 radical (unpaired) electrons. The summed E-state index contributed by atoms with van der Waals surface area (Å²) < 4.78 is 13.1. The number of hydrogen-bond donors (Lipinski definition) is 0. The molecule has 8 aromatic carbocycles. The molecule has 0 aliphatic heterocycles. The van der Waals surface area contributed by atoms with E-state index in [0.29, 0.717) is 17.3 Å². The second-order valence-corrected chi connectivity index (χ2v) is 13.6. The van der Waals surface area contributed by atoms with Gasteiger partial charge in [-0.05, 0) is 75.1 Å². The highest BCUT2D eigenvalue weighted by Crippen LogP contribution is 2.43. The van der Waals surface area contributed by atoms with Gasteiger partial charge in [0.05, 0.1) is 16.8 Å². The van der Waals surface area contributed by atoms with Crippen molar-refractivity contribution in [3.05, 3.63) is 176 Å². The lowest BCUT2D eigenvalue weighted by Crippen LogP contribution is -1.97. The molecule has 3 aromatic heterocycles. The van der Waals surface area contributed by atoms with Crippen molar-refractivity contribution in [1.29, 1.82) is 0 Å². The fourth-order valence-electron chi connectivity index (χ4n) is 7.67. The molecule has 0 fully saturated rings. The van der Waals surface area contributed by atoms with Crippen LogP contribution < -0.4 is 0 Å². The summed E-state index contributed by atoms with van der Waals surface area (Å²) >= 11 is 0. The van der Waals surface area contributed by atoms with Gasteiger partial charge in [0.2, 0.25) is 5.89 Å². The quantitative estimate of drug-likeness (QED) is 0.180. The first kappa shape index (κ1) is 30.3. The third-order valence-corrected chi connectivity index (χ3v) is 10.3. The molecule has 0 atom stereocenters. The number of aromatic nitrogens is 3. The van der Waals surface area contributed by atoms with Gasteiger partial charge in [0, 0.05) is 27.6 Å². The van der Waals surface area contributed by atoms with Crippen LogP contribution in [0, 0.1) is 0 Å². The highest BCUT2D eigenvalue weighted by atomic mass is 16.4. The predicted molar refractivity (Wildman–Crippen MR) is 219 cm³/mol. The van der Waals surface area contributed by atoms with Crippen LogP contribution in [-0.4, -0.2) is 15.0 Å². The minimum absolute atomic E-state index is 0.581. The molecule has 0 N–H and O–H groups in total. The summed E-state index contributed by atoms with van der Waals surface area (Å²) in [5.41, 5.74) is 10.8. The Morgan fingerprint density at radius 3 is 1.78 bits per heavy atom. The molecule has 0 bridgehead atoms. The lowest BCUT2D eigenvalue weighted by Gasteiger charge is -2.12. The molecule has 0 aliphatic carbocycles. The molecule has 0 saturated carbocycles. The van der Waals surface area contributed by atoms with E-state index in [4.69, 9.17) is 23.8 Å². The molecule has 0 saturated heterocycles. The van der Waals surface area contributed by atoms with Crippen molar-refractivity contribution in [3.8, 4) is 56.5 Å². The normalized spacial score (nSPS) is 11.7. The average Bonchev–Trinajstić information content (AvgIpc) is 3.86. The molecule has 11 rings (SSSR count). The van der Waals surface area contributed by atoms with E-state index in [2.05, 4.69) is 115 Å². The molecule has 54 heavy (non-hydrogen) atoms. The zero-order valence-electron chi connectivity index (χ0n) is 28.9. The Bertz CT molecular complexity index is 3200. The molecule has 5 heteroatoms. The van der Waals surface area contributed by atoms with Gasteiger partial charge in [-0.3, -0.25) is 0 Å². The van der Waals surface area contributed by atoms with Gasteiger partial charge >= 0.3 is 0 Å². The fraction of sp³-hybridized carbons (Fsp3) is 0. The summed E-state index contributed by atoms with van der Waals surface area (Å²) in [7, 11) is 0. The summed E-state index contributed by atoms with van der Waals surface area (Å²) in [6.07, 6.45) is 0. The molecule has 0 aliphatic rings.